The first-order chi connectivity index (χ1) is 14.1. The number of rotatable bonds is 8. The van der Waals surface area contributed by atoms with E-state index < -0.39 is 0 Å². The van der Waals surface area contributed by atoms with Crippen molar-refractivity contribution in [2.45, 2.75) is 32.7 Å². The number of benzene rings is 1. The molecule has 0 saturated heterocycles. The van der Waals surface area contributed by atoms with Crippen LogP contribution in [-0.2, 0) is 13.0 Å². The number of carbonyl (C=O) groups is 1. The number of nitrogens with zero attached hydrogens (tertiary/aromatic N) is 2. The van der Waals surface area contributed by atoms with Crippen molar-refractivity contribution in [3.05, 3.63) is 63.2 Å². The van der Waals surface area contributed by atoms with Crippen molar-refractivity contribution in [2.75, 3.05) is 6.61 Å². The number of hydrogen-bond donors (Lipinski definition) is 1. The number of carbonyl (C=O) groups excluding carboxylic acids is 1. The smallest absolute Gasteiger partial charge is 0.253 e. The maximum absolute atomic E-state index is 12.7. The number of ether oxygens (including phenoxy) is 1. The van der Waals surface area contributed by atoms with Crippen LogP contribution in [0.25, 0.3) is 11.1 Å². The van der Waals surface area contributed by atoms with E-state index in [-0.39, 0.29) is 5.91 Å². The number of halogens is 1. The number of aromatic nitrogens is 2. The quantitative estimate of drug-likeness (QED) is 0.540. The molecule has 4 rings (SSSR count). The van der Waals surface area contributed by atoms with Gasteiger partial charge in [-0.2, -0.15) is 0 Å². The summed E-state index contributed by atoms with van der Waals surface area (Å²) < 4.78 is 5.94. The molecule has 150 valence electrons. The van der Waals surface area contributed by atoms with Crippen LogP contribution in [0.5, 0.6) is 5.88 Å². The summed E-state index contributed by atoms with van der Waals surface area (Å²) in [5.74, 6) is 0.972. The number of thiazole rings is 1. The van der Waals surface area contributed by atoms with Crippen LogP contribution in [0.3, 0.4) is 0 Å². The molecular formula is C22H22ClN3O2S. The monoisotopic (exact) mass is 427 g/mol. The van der Waals surface area contributed by atoms with Gasteiger partial charge in [-0.05, 0) is 48.9 Å². The van der Waals surface area contributed by atoms with E-state index in [4.69, 9.17) is 16.3 Å². The van der Waals surface area contributed by atoms with E-state index in [0.717, 1.165) is 28.2 Å². The first-order valence-electron chi connectivity index (χ1n) is 9.72. The van der Waals surface area contributed by atoms with E-state index in [0.29, 0.717) is 35.5 Å². The van der Waals surface area contributed by atoms with Gasteiger partial charge in [0.15, 0.2) is 0 Å². The molecule has 0 radical (unpaired) electrons. The highest BCUT2D eigenvalue weighted by Gasteiger charge is 2.23. The summed E-state index contributed by atoms with van der Waals surface area (Å²) in [7, 11) is 0. The van der Waals surface area contributed by atoms with E-state index in [1.165, 1.54) is 12.8 Å². The van der Waals surface area contributed by atoms with E-state index in [1.54, 1.807) is 17.5 Å². The van der Waals surface area contributed by atoms with Crippen LogP contribution in [-0.4, -0.2) is 22.5 Å². The summed E-state index contributed by atoms with van der Waals surface area (Å²) in [5.41, 5.74) is 3.06. The number of amides is 1. The van der Waals surface area contributed by atoms with E-state index in [9.17, 15) is 4.79 Å². The van der Waals surface area contributed by atoms with Gasteiger partial charge in [0.1, 0.15) is 0 Å². The number of hydrogen-bond acceptors (Lipinski definition) is 5. The molecule has 1 fully saturated rings. The standard InChI is InChI=1S/C22H22ClN3O2S/c1-2-20-26-18(13-29-20)11-24-21(27)16-9-19(15-5-7-17(23)8-6-15)22(25-10-16)28-12-14-3-4-14/h5-10,13-14H,2-4,11-12H2,1H3,(H,24,27). The summed E-state index contributed by atoms with van der Waals surface area (Å²) in [4.78, 5) is 21.6. The largest absolute Gasteiger partial charge is 0.477 e. The highest BCUT2D eigenvalue weighted by molar-refractivity contribution is 7.09. The highest BCUT2D eigenvalue weighted by atomic mass is 35.5. The van der Waals surface area contributed by atoms with Crippen LogP contribution in [0.4, 0.5) is 0 Å². The lowest BCUT2D eigenvalue weighted by molar-refractivity contribution is 0.0950. The van der Waals surface area contributed by atoms with Crippen molar-refractivity contribution in [3.63, 3.8) is 0 Å². The molecule has 7 heteroatoms. The van der Waals surface area contributed by atoms with Gasteiger partial charge < -0.3 is 10.1 Å². The second-order valence-corrected chi connectivity index (χ2v) is 8.49. The van der Waals surface area contributed by atoms with Gasteiger partial charge in [0.05, 0.1) is 29.4 Å². The third kappa shape index (κ3) is 5.14. The van der Waals surface area contributed by atoms with Crippen molar-refractivity contribution in [1.82, 2.24) is 15.3 Å². The molecule has 2 aromatic heterocycles. The molecule has 0 atom stereocenters. The Bertz CT molecular complexity index is 1000. The van der Waals surface area contributed by atoms with Gasteiger partial charge in [-0.15, -0.1) is 11.3 Å². The Morgan fingerprint density at radius 1 is 1.31 bits per heavy atom. The zero-order chi connectivity index (χ0) is 20.2. The van der Waals surface area contributed by atoms with Crippen molar-refractivity contribution in [1.29, 1.82) is 0 Å². The van der Waals surface area contributed by atoms with Crippen molar-refractivity contribution in [3.8, 4) is 17.0 Å². The SMILES string of the molecule is CCc1nc(CNC(=O)c2cnc(OCC3CC3)c(-c3ccc(Cl)cc3)c2)cs1. The number of aryl methyl sites for hydroxylation is 1. The van der Waals surface area contributed by atoms with Crippen LogP contribution in [0.15, 0.2) is 41.9 Å². The third-order valence-electron chi connectivity index (χ3n) is 4.75. The minimum atomic E-state index is -0.187. The average Bonchev–Trinajstić information content (AvgIpc) is 3.46. The molecule has 0 spiro atoms. The van der Waals surface area contributed by atoms with Crippen molar-refractivity contribution in [2.24, 2.45) is 5.92 Å². The fraction of sp³-hybridized carbons (Fsp3) is 0.318. The molecule has 0 unspecified atom stereocenters. The molecule has 2 heterocycles. The summed E-state index contributed by atoms with van der Waals surface area (Å²) in [6.45, 7) is 3.12. The highest BCUT2D eigenvalue weighted by Crippen LogP contribution is 2.33. The Morgan fingerprint density at radius 2 is 2.10 bits per heavy atom. The first kappa shape index (κ1) is 19.9. The number of pyridine rings is 1. The summed E-state index contributed by atoms with van der Waals surface area (Å²) in [6, 6.07) is 9.29. The lowest BCUT2D eigenvalue weighted by Crippen LogP contribution is -2.23. The van der Waals surface area contributed by atoms with E-state index >= 15 is 0 Å². The Labute approximate surface area is 179 Å². The van der Waals surface area contributed by atoms with E-state index in [2.05, 4.69) is 22.2 Å². The predicted molar refractivity (Wildman–Crippen MR) is 116 cm³/mol. The topological polar surface area (TPSA) is 64.1 Å². The van der Waals surface area contributed by atoms with Crippen molar-refractivity contribution < 1.29 is 9.53 Å². The minimum absolute atomic E-state index is 0.187. The van der Waals surface area contributed by atoms with Crippen molar-refractivity contribution >= 4 is 28.8 Å². The van der Waals surface area contributed by atoms with Gasteiger partial charge in [0.25, 0.3) is 5.91 Å². The second kappa shape index (κ2) is 8.93. The molecule has 0 bridgehead atoms. The minimum Gasteiger partial charge on any atom is -0.477 e. The zero-order valence-corrected chi connectivity index (χ0v) is 17.7. The Morgan fingerprint density at radius 3 is 2.79 bits per heavy atom. The Balaban J connectivity index is 1.53. The molecule has 1 aliphatic rings. The Kier molecular flexibility index (Phi) is 6.11. The third-order valence-corrected chi connectivity index (χ3v) is 6.05. The van der Waals surface area contributed by atoms with Crippen LogP contribution in [0.2, 0.25) is 5.02 Å². The van der Waals surface area contributed by atoms with Gasteiger partial charge in [0, 0.05) is 22.2 Å². The van der Waals surface area contributed by atoms with Gasteiger partial charge in [-0.3, -0.25) is 4.79 Å². The van der Waals surface area contributed by atoms with Crippen LogP contribution in [0, 0.1) is 5.92 Å². The fourth-order valence-electron chi connectivity index (χ4n) is 2.87. The number of nitrogens with one attached hydrogen (secondary N) is 1. The van der Waals surface area contributed by atoms with Crippen LogP contribution >= 0.6 is 22.9 Å². The molecule has 0 aliphatic heterocycles. The second-order valence-electron chi connectivity index (χ2n) is 7.11. The molecule has 1 saturated carbocycles. The maximum atomic E-state index is 12.7. The maximum Gasteiger partial charge on any atom is 0.253 e. The summed E-state index contributed by atoms with van der Waals surface area (Å²) >= 11 is 7.64. The molecule has 1 aromatic carbocycles. The zero-order valence-electron chi connectivity index (χ0n) is 16.2. The summed E-state index contributed by atoms with van der Waals surface area (Å²) in [5, 5.41) is 6.63. The molecule has 1 N–H and O–H groups in total. The average molecular weight is 428 g/mol. The lowest BCUT2D eigenvalue weighted by atomic mass is 10.0. The molecular weight excluding hydrogens is 406 g/mol. The van der Waals surface area contributed by atoms with Gasteiger partial charge in [-0.1, -0.05) is 30.7 Å². The normalized spacial score (nSPS) is 13.3. The van der Waals surface area contributed by atoms with Crippen LogP contribution < -0.4 is 10.1 Å². The Hall–Kier alpha value is -2.44. The lowest BCUT2D eigenvalue weighted by Gasteiger charge is -2.12. The van der Waals surface area contributed by atoms with Crippen LogP contribution in [0.1, 0.15) is 40.8 Å². The van der Waals surface area contributed by atoms with Gasteiger partial charge >= 0.3 is 0 Å². The molecule has 3 aromatic rings. The molecule has 1 aliphatic carbocycles. The molecule has 29 heavy (non-hydrogen) atoms. The predicted octanol–water partition coefficient (Wildman–Crippen LogP) is 5.14. The van der Waals surface area contributed by atoms with E-state index in [1.807, 2.05) is 35.7 Å². The van der Waals surface area contributed by atoms with Gasteiger partial charge in [-0.25, -0.2) is 9.97 Å². The first-order valence-corrected chi connectivity index (χ1v) is 11.0. The molecule has 1 amide bonds. The summed E-state index contributed by atoms with van der Waals surface area (Å²) in [6.07, 6.45) is 4.87. The fourth-order valence-corrected chi connectivity index (χ4v) is 3.75. The molecule has 5 nitrogen and oxygen atoms in total. The van der Waals surface area contributed by atoms with Gasteiger partial charge in [0.2, 0.25) is 5.88 Å².